The first kappa shape index (κ1) is 11.1. The van der Waals surface area contributed by atoms with Gasteiger partial charge in [0.1, 0.15) is 0 Å². The smallest absolute Gasteiger partial charge is 0.0323 e. The van der Waals surface area contributed by atoms with E-state index in [4.69, 9.17) is 0 Å². The van der Waals surface area contributed by atoms with E-state index in [0.29, 0.717) is 4.90 Å². The topological polar surface area (TPSA) is 40.1 Å². The quantitative estimate of drug-likeness (QED) is 0.715. The zero-order valence-electron chi connectivity index (χ0n) is 8.16. The van der Waals surface area contributed by atoms with E-state index in [1.165, 1.54) is 0 Å². The predicted molar refractivity (Wildman–Crippen MR) is 57.6 cm³/mol. The maximum atomic E-state index is 10.9. The fourth-order valence-corrected chi connectivity index (χ4v) is 1.92. The van der Waals surface area contributed by atoms with Crippen molar-refractivity contribution in [2.75, 3.05) is 0 Å². The molecular weight excluding hydrogens is 196 g/mol. The van der Waals surface area contributed by atoms with Crippen molar-refractivity contribution in [2.45, 2.75) is 24.7 Å². The summed E-state index contributed by atoms with van der Waals surface area (Å²) in [6.45, 7) is 5.93. The van der Waals surface area contributed by atoms with E-state index in [1.54, 1.807) is 18.2 Å². The Labute approximate surface area is 86.9 Å². The van der Waals surface area contributed by atoms with Crippen LogP contribution in [0.25, 0.3) is 5.57 Å². The monoisotopic (exact) mass is 209 g/mol. The van der Waals surface area contributed by atoms with Gasteiger partial charge >= 0.3 is 0 Å². The summed E-state index contributed by atoms with van der Waals surface area (Å²) < 4.78 is 21.8. The van der Waals surface area contributed by atoms with Gasteiger partial charge in [0.2, 0.25) is 0 Å². The third-order valence-corrected chi connectivity index (χ3v) is 2.71. The standard InChI is InChI=1S/C11H14O2S/c1-3-6-9(2)10-7-4-5-8-11(10)14(12)13/h4-5,7-8H,2-3,6H2,1H3,(H,12,13)/p-1. The van der Waals surface area contributed by atoms with Crippen LogP contribution < -0.4 is 0 Å². The Hall–Kier alpha value is -0.930. The lowest BCUT2D eigenvalue weighted by atomic mass is 10.0. The molecule has 2 nitrogen and oxygen atoms in total. The summed E-state index contributed by atoms with van der Waals surface area (Å²) in [6, 6.07) is 6.93. The minimum atomic E-state index is -2.18. The van der Waals surface area contributed by atoms with Crippen LogP contribution >= 0.6 is 0 Å². The molecule has 1 rings (SSSR count). The summed E-state index contributed by atoms with van der Waals surface area (Å²) in [5.74, 6) is 0. The summed E-state index contributed by atoms with van der Waals surface area (Å²) >= 11 is -2.18. The molecule has 0 aliphatic heterocycles. The molecule has 0 N–H and O–H groups in total. The molecule has 0 amide bonds. The van der Waals surface area contributed by atoms with Crippen molar-refractivity contribution >= 4 is 16.7 Å². The van der Waals surface area contributed by atoms with E-state index >= 15 is 0 Å². The molecule has 14 heavy (non-hydrogen) atoms. The number of rotatable bonds is 4. The maximum Gasteiger partial charge on any atom is 0.0323 e. The zero-order chi connectivity index (χ0) is 10.6. The lowest BCUT2D eigenvalue weighted by Gasteiger charge is -2.12. The van der Waals surface area contributed by atoms with Crippen molar-refractivity contribution in [3.63, 3.8) is 0 Å². The van der Waals surface area contributed by atoms with Gasteiger partial charge in [-0.1, -0.05) is 38.1 Å². The van der Waals surface area contributed by atoms with Crippen LogP contribution in [0.5, 0.6) is 0 Å². The van der Waals surface area contributed by atoms with Crippen LogP contribution in [0.4, 0.5) is 0 Å². The summed E-state index contributed by atoms with van der Waals surface area (Å²) in [5, 5.41) is 0. The van der Waals surface area contributed by atoms with E-state index < -0.39 is 11.1 Å². The molecule has 1 aromatic carbocycles. The van der Waals surface area contributed by atoms with Gasteiger partial charge in [0.15, 0.2) is 0 Å². The summed E-state index contributed by atoms with van der Waals surface area (Å²) in [7, 11) is 0. The van der Waals surface area contributed by atoms with Crippen molar-refractivity contribution in [1.29, 1.82) is 0 Å². The van der Waals surface area contributed by atoms with E-state index in [-0.39, 0.29) is 0 Å². The van der Waals surface area contributed by atoms with Gasteiger partial charge in [-0.05, 0) is 34.7 Å². The minimum absolute atomic E-state index is 0.339. The van der Waals surface area contributed by atoms with Gasteiger partial charge in [-0.15, -0.1) is 0 Å². The van der Waals surface area contributed by atoms with Crippen LogP contribution in [0, 0.1) is 0 Å². The van der Waals surface area contributed by atoms with Gasteiger partial charge in [0, 0.05) is 4.90 Å². The molecular formula is C11H13O2S-. The molecule has 0 aromatic heterocycles. The first-order chi connectivity index (χ1) is 6.66. The van der Waals surface area contributed by atoms with Crippen LogP contribution in [0.15, 0.2) is 35.7 Å². The van der Waals surface area contributed by atoms with Crippen LogP contribution in [-0.4, -0.2) is 8.76 Å². The Morgan fingerprint density at radius 3 is 2.71 bits per heavy atom. The third-order valence-electron chi connectivity index (χ3n) is 2.00. The molecule has 0 aliphatic carbocycles. The highest BCUT2D eigenvalue weighted by Gasteiger charge is 2.04. The Bertz CT molecular complexity index is 358. The van der Waals surface area contributed by atoms with E-state index in [2.05, 4.69) is 6.58 Å². The molecule has 1 atom stereocenters. The van der Waals surface area contributed by atoms with E-state index in [0.717, 1.165) is 24.0 Å². The highest BCUT2D eigenvalue weighted by Crippen LogP contribution is 2.23. The SMILES string of the molecule is C=C(CCC)c1ccccc1S(=O)[O-]. The lowest BCUT2D eigenvalue weighted by molar-refractivity contribution is 0.537. The second kappa shape index (κ2) is 5.08. The molecule has 76 valence electrons. The zero-order valence-corrected chi connectivity index (χ0v) is 8.97. The van der Waals surface area contributed by atoms with Gasteiger partial charge in [-0.3, -0.25) is 4.21 Å². The molecule has 0 heterocycles. The van der Waals surface area contributed by atoms with Crippen LogP contribution in [0.3, 0.4) is 0 Å². The first-order valence-corrected chi connectivity index (χ1v) is 5.60. The molecule has 3 heteroatoms. The summed E-state index contributed by atoms with van der Waals surface area (Å²) in [5.41, 5.74) is 1.62. The van der Waals surface area contributed by atoms with Crippen molar-refractivity contribution in [2.24, 2.45) is 0 Å². The highest BCUT2D eigenvalue weighted by atomic mass is 32.2. The largest absolute Gasteiger partial charge is 0.768 e. The second-order valence-corrected chi connectivity index (χ2v) is 3.99. The molecule has 0 aliphatic rings. The van der Waals surface area contributed by atoms with Crippen molar-refractivity contribution in [1.82, 2.24) is 0 Å². The summed E-state index contributed by atoms with van der Waals surface area (Å²) in [4.78, 5) is 0.339. The average molecular weight is 209 g/mol. The van der Waals surface area contributed by atoms with E-state index in [1.807, 2.05) is 13.0 Å². The first-order valence-electron chi connectivity index (χ1n) is 4.53. The molecule has 0 saturated heterocycles. The molecule has 0 fully saturated rings. The van der Waals surface area contributed by atoms with Gasteiger partial charge in [-0.2, -0.15) is 0 Å². The Balaban J connectivity index is 3.07. The molecule has 0 bridgehead atoms. The molecule has 1 aromatic rings. The normalized spacial score (nSPS) is 12.4. The average Bonchev–Trinajstić information content (AvgIpc) is 2.18. The number of allylic oxidation sites excluding steroid dienone is 1. The van der Waals surface area contributed by atoms with Gasteiger partial charge in [0.05, 0.1) is 0 Å². The summed E-state index contributed by atoms with van der Waals surface area (Å²) in [6.07, 6.45) is 1.80. The number of hydrogen-bond acceptors (Lipinski definition) is 2. The lowest BCUT2D eigenvalue weighted by Crippen LogP contribution is -1.95. The Morgan fingerprint density at radius 2 is 2.14 bits per heavy atom. The van der Waals surface area contributed by atoms with Crippen LogP contribution in [-0.2, 0) is 11.1 Å². The third kappa shape index (κ3) is 2.53. The Morgan fingerprint density at radius 1 is 1.50 bits per heavy atom. The van der Waals surface area contributed by atoms with Crippen molar-refractivity contribution in [3.05, 3.63) is 36.4 Å². The number of hydrogen-bond donors (Lipinski definition) is 0. The minimum Gasteiger partial charge on any atom is -0.768 e. The number of benzene rings is 1. The van der Waals surface area contributed by atoms with Crippen LogP contribution in [0.2, 0.25) is 0 Å². The molecule has 0 radical (unpaired) electrons. The fraction of sp³-hybridized carbons (Fsp3) is 0.273. The molecule has 0 saturated carbocycles. The highest BCUT2D eigenvalue weighted by molar-refractivity contribution is 7.79. The van der Waals surface area contributed by atoms with E-state index in [9.17, 15) is 8.76 Å². The predicted octanol–water partition coefficient (Wildman–Crippen LogP) is 2.74. The Kier molecular flexibility index (Phi) is 4.04. The van der Waals surface area contributed by atoms with Gasteiger partial charge in [0.25, 0.3) is 0 Å². The van der Waals surface area contributed by atoms with Gasteiger partial charge < -0.3 is 4.55 Å². The molecule has 1 unspecified atom stereocenters. The van der Waals surface area contributed by atoms with Crippen molar-refractivity contribution < 1.29 is 8.76 Å². The van der Waals surface area contributed by atoms with Gasteiger partial charge in [-0.25, -0.2) is 0 Å². The van der Waals surface area contributed by atoms with Crippen molar-refractivity contribution in [3.8, 4) is 0 Å². The second-order valence-electron chi connectivity index (χ2n) is 3.08. The molecule has 0 spiro atoms. The fourth-order valence-electron chi connectivity index (χ4n) is 1.34. The van der Waals surface area contributed by atoms with Crippen LogP contribution in [0.1, 0.15) is 25.3 Å². The maximum absolute atomic E-state index is 10.9.